The second-order valence-electron chi connectivity index (χ2n) is 3.79. The van der Waals surface area contributed by atoms with E-state index in [1.807, 2.05) is 43.9 Å². The maximum Gasteiger partial charge on any atom is 0.222 e. The summed E-state index contributed by atoms with van der Waals surface area (Å²) in [7, 11) is 0. The second-order valence-corrected chi connectivity index (χ2v) is 3.79. The van der Waals surface area contributed by atoms with Crippen LogP contribution in [0.2, 0.25) is 0 Å². The van der Waals surface area contributed by atoms with Gasteiger partial charge in [0.2, 0.25) is 5.91 Å². The first-order valence-corrected chi connectivity index (χ1v) is 5.34. The van der Waals surface area contributed by atoms with Gasteiger partial charge in [0.15, 0.2) is 0 Å². The van der Waals surface area contributed by atoms with Crippen molar-refractivity contribution in [2.75, 3.05) is 0 Å². The van der Waals surface area contributed by atoms with Crippen molar-refractivity contribution in [3.63, 3.8) is 0 Å². The molecule has 0 bridgehead atoms. The zero-order valence-corrected chi connectivity index (χ0v) is 9.60. The van der Waals surface area contributed by atoms with Crippen LogP contribution in [0.4, 0.5) is 0 Å². The quantitative estimate of drug-likeness (QED) is 0.757. The highest BCUT2D eigenvalue weighted by atomic mass is 16.2. The number of pyridine rings is 1. The maximum atomic E-state index is 11.7. The zero-order valence-electron chi connectivity index (χ0n) is 9.60. The third-order valence-electron chi connectivity index (χ3n) is 2.30. The number of rotatable bonds is 4. The molecule has 0 saturated carbocycles. The molecule has 0 N–H and O–H groups in total. The molecule has 0 aliphatic carbocycles. The van der Waals surface area contributed by atoms with E-state index in [-0.39, 0.29) is 11.9 Å². The van der Waals surface area contributed by atoms with Crippen LogP contribution in [0.5, 0.6) is 0 Å². The molecular formula is C12H18N2O. The van der Waals surface area contributed by atoms with Gasteiger partial charge in [-0.15, -0.1) is 0 Å². The van der Waals surface area contributed by atoms with Gasteiger partial charge >= 0.3 is 0 Å². The molecule has 1 heterocycles. The van der Waals surface area contributed by atoms with Crippen LogP contribution < -0.4 is 0 Å². The molecule has 1 aromatic heterocycles. The smallest absolute Gasteiger partial charge is 0.222 e. The van der Waals surface area contributed by atoms with E-state index in [1.165, 1.54) is 0 Å². The highest BCUT2D eigenvalue weighted by molar-refractivity contribution is 5.76. The predicted octanol–water partition coefficient (Wildman–Crippen LogP) is 2.23. The number of carbonyl (C=O) groups is 1. The summed E-state index contributed by atoms with van der Waals surface area (Å²) in [4.78, 5) is 17.7. The summed E-state index contributed by atoms with van der Waals surface area (Å²) in [5.74, 6) is 0.177. The third-order valence-corrected chi connectivity index (χ3v) is 2.30. The van der Waals surface area contributed by atoms with Gasteiger partial charge in [-0.05, 0) is 26.0 Å². The van der Waals surface area contributed by atoms with Crippen LogP contribution in [0.25, 0.3) is 0 Å². The van der Waals surface area contributed by atoms with Crippen molar-refractivity contribution in [1.82, 2.24) is 9.88 Å². The molecular weight excluding hydrogens is 188 g/mol. The van der Waals surface area contributed by atoms with Gasteiger partial charge in [0.1, 0.15) is 0 Å². The fourth-order valence-electron chi connectivity index (χ4n) is 1.43. The highest BCUT2D eigenvalue weighted by Gasteiger charge is 2.15. The highest BCUT2D eigenvalue weighted by Crippen LogP contribution is 2.07. The fraction of sp³-hybridized carbons (Fsp3) is 0.500. The molecule has 0 saturated heterocycles. The average Bonchev–Trinajstić information content (AvgIpc) is 2.26. The summed E-state index contributed by atoms with van der Waals surface area (Å²) in [5, 5.41) is 0. The van der Waals surface area contributed by atoms with Gasteiger partial charge in [-0.1, -0.05) is 13.0 Å². The van der Waals surface area contributed by atoms with Crippen LogP contribution in [-0.2, 0) is 11.3 Å². The second kappa shape index (κ2) is 5.49. The van der Waals surface area contributed by atoms with Crippen LogP contribution >= 0.6 is 0 Å². The van der Waals surface area contributed by atoms with Crippen LogP contribution in [0.15, 0.2) is 24.4 Å². The normalized spacial score (nSPS) is 10.4. The van der Waals surface area contributed by atoms with Crippen molar-refractivity contribution in [1.29, 1.82) is 0 Å². The molecule has 15 heavy (non-hydrogen) atoms. The number of hydrogen-bond donors (Lipinski definition) is 0. The molecule has 0 atom stereocenters. The first-order valence-electron chi connectivity index (χ1n) is 5.34. The zero-order chi connectivity index (χ0) is 11.3. The van der Waals surface area contributed by atoms with Crippen molar-refractivity contribution < 1.29 is 4.79 Å². The number of hydrogen-bond acceptors (Lipinski definition) is 2. The van der Waals surface area contributed by atoms with E-state index in [4.69, 9.17) is 0 Å². The van der Waals surface area contributed by atoms with Crippen molar-refractivity contribution in [3.8, 4) is 0 Å². The van der Waals surface area contributed by atoms with Crippen molar-refractivity contribution in [2.45, 2.75) is 39.8 Å². The van der Waals surface area contributed by atoms with Gasteiger partial charge in [0.05, 0.1) is 12.2 Å². The van der Waals surface area contributed by atoms with Crippen LogP contribution in [0, 0.1) is 0 Å². The summed E-state index contributed by atoms with van der Waals surface area (Å²) < 4.78 is 0. The topological polar surface area (TPSA) is 33.2 Å². The van der Waals surface area contributed by atoms with Crippen LogP contribution in [-0.4, -0.2) is 21.8 Å². The molecule has 0 fully saturated rings. The molecule has 0 radical (unpaired) electrons. The van der Waals surface area contributed by atoms with E-state index >= 15 is 0 Å². The van der Waals surface area contributed by atoms with E-state index in [0.717, 1.165) is 5.69 Å². The Bertz CT molecular complexity index is 309. The SMILES string of the molecule is CCC(=O)N(Cc1ccccn1)C(C)C. The van der Waals surface area contributed by atoms with Crippen LogP contribution in [0.3, 0.4) is 0 Å². The Hall–Kier alpha value is -1.38. The molecule has 1 rings (SSSR count). The van der Waals surface area contributed by atoms with Crippen molar-refractivity contribution >= 4 is 5.91 Å². The Kier molecular flexibility index (Phi) is 4.28. The Morgan fingerprint density at radius 1 is 1.47 bits per heavy atom. The van der Waals surface area contributed by atoms with Crippen LogP contribution in [0.1, 0.15) is 32.9 Å². The lowest BCUT2D eigenvalue weighted by Gasteiger charge is -2.25. The first kappa shape index (κ1) is 11.7. The standard InChI is InChI=1S/C12H18N2O/c1-4-12(15)14(10(2)3)9-11-7-5-6-8-13-11/h5-8,10H,4,9H2,1-3H3. The Balaban J connectivity index is 2.72. The molecule has 3 nitrogen and oxygen atoms in total. The van der Waals surface area contributed by atoms with E-state index in [2.05, 4.69) is 4.98 Å². The third kappa shape index (κ3) is 3.35. The molecule has 1 aromatic rings. The van der Waals surface area contributed by atoms with Gasteiger partial charge in [-0.3, -0.25) is 9.78 Å². The van der Waals surface area contributed by atoms with Crippen molar-refractivity contribution in [3.05, 3.63) is 30.1 Å². The lowest BCUT2D eigenvalue weighted by atomic mass is 10.2. The minimum absolute atomic E-state index is 0.177. The minimum Gasteiger partial charge on any atom is -0.334 e. The molecule has 3 heteroatoms. The summed E-state index contributed by atoms with van der Waals surface area (Å²) in [6.07, 6.45) is 2.30. The molecule has 0 aromatic carbocycles. The fourth-order valence-corrected chi connectivity index (χ4v) is 1.43. The Labute approximate surface area is 91.1 Å². The monoisotopic (exact) mass is 206 g/mol. The molecule has 0 spiro atoms. The lowest BCUT2D eigenvalue weighted by Crippen LogP contribution is -2.36. The Morgan fingerprint density at radius 2 is 2.20 bits per heavy atom. The first-order chi connectivity index (χ1) is 7.15. The minimum atomic E-state index is 0.177. The summed E-state index contributed by atoms with van der Waals surface area (Å²) in [6, 6.07) is 5.99. The lowest BCUT2D eigenvalue weighted by molar-refractivity contribution is -0.133. The van der Waals surface area contributed by atoms with Gasteiger partial charge in [0, 0.05) is 18.7 Å². The summed E-state index contributed by atoms with van der Waals surface area (Å²) in [6.45, 7) is 6.54. The molecule has 0 aliphatic heterocycles. The molecule has 1 amide bonds. The van der Waals surface area contributed by atoms with E-state index in [0.29, 0.717) is 13.0 Å². The average molecular weight is 206 g/mol. The Morgan fingerprint density at radius 3 is 2.67 bits per heavy atom. The van der Waals surface area contributed by atoms with Gasteiger partial charge < -0.3 is 4.90 Å². The summed E-state index contributed by atoms with van der Waals surface area (Å²) in [5.41, 5.74) is 0.938. The van der Waals surface area contributed by atoms with Gasteiger partial charge in [-0.25, -0.2) is 0 Å². The van der Waals surface area contributed by atoms with E-state index in [1.54, 1.807) is 6.20 Å². The number of amides is 1. The molecule has 0 unspecified atom stereocenters. The summed E-state index contributed by atoms with van der Waals surface area (Å²) >= 11 is 0. The number of carbonyl (C=O) groups excluding carboxylic acids is 1. The van der Waals surface area contributed by atoms with Gasteiger partial charge in [-0.2, -0.15) is 0 Å². The largest absolute Gasteiger partial charge is 0.334 e. The van der Waals surface area contributed by atoms with E-state index < -0.39 is 0 Å². The van der Waals surface area contributed by atoms with Gasteiger partial charge in [0.25, 0.3) is 0 Å². The predicted molar refractivity (Wildman–Crippen MR) is 60.2 cm³/mol. The van der Waals surface area contributed by atoms with E-state index in [9.17, 15) is 4.79 Å². The number of nitrogens with zero attached hydrogens (tertiary/aromatic N) is 2. The molecule has 82 valence electrons. The van der Waals surface area contributed by atoms with Crippen molar-refractivity contribution in [2.24, 2.45) is 0 Å². The maximum absolute atomic E-state index is 11.7. The number of aromatic nitrogens is 1. The molecule has 0 aliphatic rings.